The van der Waals surface area contributed by atoms with E-state index in [0.717, 1.165) is 45.4 Å². The first kappa shape index (κ1) is 20.5. The molecule has 0 bridgehead atoms. The molecule has 0 saturated heterocycles. The van der Waals surface area contributed by atoms with E-state index in [1.807, 2.05) is 70.2 Å². The monoisotopic (exact) mass is 389 g/mol. The van der Waals surface area contributed by atoms with E-state index in [2.05, 4.69) is 10.3 Å². The molecule has 0 saturated carbocycles. The van der Waals surface area contributed by atoms with Gasteiger partial charge in [-0.05, 0) is 49.9 Å². The van der Waals surface area contributed by atoms with Crippen LogP contribution in [0.5, 0.6) is 0 Å². The highest BCUT2D eigenvalue weighted by molar-refractivity contribution is 6.09. The van der Waals surface area contributed by atoms with Crippen LogP contribution in [0.15, 0.2) is 42.5 Å². The van der Waals surface area contributed by atoms with Gasteiger partial charge in [0.25, 0.3) is 5.91 Å². The van der Waals surface area contributed by atoms with E-state index in [4.69, 9.17) is 0 Å². The molecular weight excluding hydrogens is 362 g/mol. The first-order valence-corrected chi connectivity index (χ1v) is 9.83. The Balaban J connectivity index is 1.87. The number of nitrogens with zero attached hydrogens (tertiary/aromatic N) is 2. The Labute approximate surface area is 171 Å². The standard InChI is InChI=1S/C24H27N3O2/c1-6-19-17(4)22(18-12-7-8-13-20(18)25-19)24(29)27(5)14-21(28)26-23-15(2)10-9-11-16(23)3/h7-13H,6,14H2,1-5H3,(H,26,28). The molecule has 2 aromatic carbocycles. The Kier molecular flexibility index (Phi) is 5.97. The Morgan fingerprint density at radius 2 is 1.66 bits per heavy atom. The molecule has 0 radical (unpaired) electrons. The summed E-state index contributed by atoms with van der Waals surface area (Å²) in [6.45, 7) is 7.84. The number of aryl methyl sites for hydroxylation is 3. The lowest BCUT2D eigenvalue weighted by atomic mass is 9.99. The Bertz CT molecular complexity index is 1070. The van der Waals surface area contributed by atoms with Gasteiger partial charge in [-0.25, -0.2) is 0 Å². The van der Waals surface area contributed by atoms with Crippen LogP contribution in [0.1, 0.15) is 39.7 Å². The zero-order chi connectivity index (χ0) is 21.1. The van der Waals surface area contributed by atoms with Gasteiger partial charge in [-0.15, -0.1) is 0 Å². The molecular formula is C24H27N3O2. The fourth-order valence-corrected chi connectivity index (χ4v) is 3.65. The molecule has 0 atom stereocenters. The van der Waals surface area contributed by atoms with E-state index < -0.39 is 0 Å². The zero-order valence-electron chi connectivity index (χ0n) is 17.7. The highest BCUT2D eigenvalue weighted by atomic mass is 16.2. The number of anilines is 1. The number of hydrogen-bond donors (Lipinski definition) is 1. The third kappa shape index (κ3) is 4.14. The van der Waals surface area contributed by atoms with Crippen molar-refractivity contribution < 1.29 is 9.59 Å². The Morgan fingerprint density at radius 1 is 1.00 bits per heavy atom. The Hall–Kier alpha value is -3.21. The van der Waals surface area contributed by atoms with Crippen LogP contribution in [0.4, 0.5) is 5.69 Å². The number of likely N-dealkylation sites (N-methyl/N-ethyl adjacent to an activating group) is 1. The summed E-state index contributed by atoms with van der Waals surface area (Å²) in [5.41, 5.74) is 5.99. The second kappa shape index (κ2) is 8.43. The van der Waals surface area contributed by atoms with Crippen LogP contribution in [0.2, 0.25) is 0 Å². The quantitative estimate of drug-likeness (QED) is 0.702. The number of benzene rings is 2. The van der Waals surface area contributed by atoms with Crippen LogP contribution in [0.3, 0.4) is 0 Å². The number of rotatable bonds is 5. The van der Waals surface area contributed by atoms with Crippen molar-refractivity contribution >= 4 is 28.4 Å². The summed E-state index contributed by atoms with van der Waals surface area (Å²) in [5.74, 6) is -0.391. The summed E-state index contributed by atoms with van der Waals surface area (Å²) >= 11 is 0. The number of fused-ring (bicyclic) bond motifs is 1. The van der Waals surface area contributed by atoms with Crippen LogP contribution in [-0.2, 0) is 11.2 Å². The topological polar surface area (TPSA) is 62.3 Å². The van der Waals surface area contributed by atoms with E-state index >= 15 is 0 Å². The average molecular weight is 389 g/mol. The summed E-state index contributed by atoms with van der Waals surface area (Å²) < 4.78 is 0. The molecule has 150 valence electrons. The third-order valence-corrected chi connectivity index (χ3v) is 5.26. The molecule has 2 amide bonds. The maximum atomic E-state index is 13.3. The van der Waals surface area contributed by atoms with Crippen LogP contribution in [0.25, 0.3) is 10.9 Å². The van der Waals surface area contributed by atoms with Gasteiger partial charge in [0.15, 0.2) is 0 Å². The second-order valence-electron chi connectivity index (χ2n) is 7.41. The number of pyridine rings is 1. The number of aromatic nitrogens is 1. The zero-order valence-corrected chi connectivity index (χ0v) is 17.7. The maximum Gasteiger partial charge on any atom is 0.255 e. The minimum atomic E-state index is -0.218. The highest BCUT2D eigenvalue weighted by Gasteiger charge is 2.22. The van der Waals surface area contributed by atoms with Crippen molar-refractivity contribution in [3.8, 4) is 0 Å². The minimum Gasteiger partial charge on any atom is -0.332 e. The molecule has 1 heterocycles. The van der Waals surface area contributed by atoms with Crippen LogP contribution in [0, 0.1) is 20.8 Å². The first-order chi connectivity index (χ1) is 13.8. The largest absolute Gasteiger partial charge is 0.332 e. The number of amides is 2. The smallest absolute Gasteiger partial charge is 0.255 e. The van der Waals surface area contributed by atoms with Gasteiger partial charge in [0.2, 0.25) is 5.91 Å². The van der Waals surface area contributed by atoms with Crippen molar-refractivity contribution in [3.05, 3.63) is 70.4 Å². The van der Waals surface area contributed by atoms with Gasteiger partial charge in [-0.1, -0.05) is 43.3 Å². The molecule has 3 aromatic rings. The van der Waals surface area contributed by atoms with Crippen LogP contribution < -0.4 is 5.32 Å². The molecule has 1 aromatic heterocycles. The first-order valence-electron chi connectivity index (χ1n) is 9.83. The number of hydrogen-bond acceptors (Lipinski definition) is 3. The maximum absolute atomic E-state index is 13.3. The molecule has 0 aliphatic carbocycles. The van der Waals surface area contributed by atoms with Gasteiger partial charge < -0.3 is 10.2 Å². The number of carbonyl (C=O) groups excluding carboxylic acids is 2. The van der Waals surface area contributed by atoms with E-state index in [9.17, 15) is 9.59 Å². The summed E-state index contributed by atoms with van der Waals surface area (Å²) in [4.78, 5) is 32.1. The van der Waals surface area contributed by atoms with Crippen molar-refractivity contribution in [3.63, 3.8) is 0 Å². The molecule has 0 spiro atoms. The van der Waals surface area contributed by atoms with E-state index in [1.54, 1.807) is 7.05 Å². The predicted octanol–water partition coefficient (Wildman–Crippen LogP) is 4.43. The summed E-state index contributed by atoms with van der Waals surface area (Å²) in [6.07, 6.45) is 0.744. The van der Waals surface area contributed by atoms with E-state index in [0.29, 0.717) is 5.56 Å². The molecule has 0 aliphatic rings. The number of carbonyl (C=O) groups is 2. The molecule has 29 heavy (non-hydrogen) atoms. The molecule has 0 fully saturated rings. The van der Waals surface area contributed by atoms with Gasteiger partial charge in [0, 0.05) is 23.8 Å². The average Bonchev–Trinajstić information content (AvgIpc) is 2.70. The lowest BCUT2D eigenvalue weighted by Crippen LogP contribution is -2.35. The van der Waals surface area contributed by atoms with Gasteiger partial charge in [-0.3, -0.25) is 14.6 Å². The van der Waals surface area contributed by atoms with Crippen molar-refractivity contribution in [2.45, 2.75) is 34.1 Å². The molecule has 1 N–H and O–H groups in total. The normalized spacial score (nSPS) is 10.8. The van der Waals surface area contributed by atoms with E-state index in [1.165, 1.54) is 4.90 Å². The summed E-state index contributed by atoms with van der Waals surface area (Å²) in [6, 6.07) is 13.5. The molecule has 3 rings (SSSR count). The minimum absolute atomic E-state index is 0.0237. The van der Waals surface area contributed by atoms with Crippen molar-refractivity contribution in [2.75, 3.05) is 18.9 Å². The lowest BCUT2D eigenvalue weighted by Gasteiger charge is -2.21. The van der Waals surface area contributed by atoms with Gasteiger partial charge in [0.05, 0.1) is 17.6 Å². The fraction of sp³-hybridized carbons (Fsp3) is 0.292. The SMILES string of the molecule is CCc1nc2ccccc2c(C(=O)N(C)CC(=O)Nc2c(C)cccc2C)c1C. The summed E-state index contributed by atoms with van der Waals surface area (Å²) in [7, 11) is 1.66. The van der Waals surface area contributed by atoms with Crippen molar-refractivity contribution in [1.29, 1.82) is 0 Å². The lowest BCUT2D eigenvalue weighted by molar-refractivity contribution is -0.116. The van der Waals surface area contributed by atoms with Crippen LogP contribution in [-0.4, -0.2) is 35.3 Å². The number of para-hydroxylation sites is 2. The Morgan fingerprint density at radius 3 is 2.31 bits per heavy atom. The highest BCUT2D eigenvalue weighted by Crippen LogP contribution is 2.25. The molecule has 5 nitrogen and oxygen atoms in total. The third-order valence-electron chi connectivity index (χ3n) is 5.26. The summed E-state index contributed by atoms with van der Waals surface area (Å²) in [5, 5.41) is 3.76. The molecule has 0 aliphatic heterocycles. The second-order valence-corrected chi connectivity index (χ2v) is 7.41. The van der Waals surface area contributed by atoms with Crippen molar-refractivity contribution in [2.24, 2.45) is 0 Å². The van der Waals surface area contributed by atoms with Gasteiger partial charge in [0.1, 0.15) is 0 Å². The van der Waals surface area contributed by atoms with Crippen LogP contribution >= 0.6 is 0 Å². The predicted molar refractivity (Wildman–Crippen MR) is 117 cm³/mol. The van der Waals surface area contributed by atoms with Crippen molar-refractivity contribution in [1.82, 2.24) is 9.88 Å². The van der Waals surface area contributed by atoms with Gasteiger partial charge in [-0.2, -0.15) is 0 Å². The number of nitrogens with one attached hydrogen (secondary N) is 1. The van der Waals surface area contributed by atoms with Gasteiger partial charge >= 0.3 is 0 Å². The molecule has 5 heteroatoms. The van der Waals surface area contributed by atoms with E-state index in [-0.39, 0.29) is 18.4 Å². The fourth-order valence-electron chi connectivity index (χ4n) is 3.65. The molecule has 0 unspecified atom stereocenters.